The molecular weight excluding hydrogens is 544 g/mol. The zero-order chi connectivity index (χ0) is 23.3. The summed E-state index contributed by atoms with van der Waals surface area (Å²) in [6.45, 7) is 0. The van der Waals surface area contributed by atoms with Crippen molar-refractivity contribution in [3.63, 3.8) is 0 Å². The van der Waals surface area contributed by atoms with Gasteiger partial charge in [0.2, 0.25) is 0 Å². The van der Waals surface area contributed by atoms with Crippen LogP contribution in [0.4, 0.5) is 0 Å². The first-order chi connectivity index (χ1) is 16.8. The van der Waals surface area contributed by atoms with Crippen LogP contribution in [0.1, 0.15) is 11.1 Å². The Morgan fingerprint density at radius 3 is 0.706 bits per heavy atom. The molecule has 0 unspecified atom stereocenters. The van der Waals surface area contributed by atoms with Gasteiger partial charge in [-0.05, 0) is 55.6 Å². The molecule has 0 aliphatic rings. The largest absolute Gasteiger partial charge is 0.0876 e. The number of hydrogen-bond acceptors (Lipinski definition) is 0. The highest BCUT2D eigenvalue weighted by Gasteiger charge is 2.26. The first kappa shape index (κ1) is 22.8. The predicted molar refractivity (Wildman–Crippen MR) is 153 cm³/mol. The summed E-state index contributed by atoms with van der Waals surface area (Å²) in [5.74, 6) is 0. The number of alkyl halides is 2. The molecule has 0 aliphatic heterocycles. The maximum atomic E-state index is 3.90. The lowest BCUT2D eigenvalue weighted by molar-refractivity contribution is 1.35. The van der Waals surface area contributed by atoms with Crippen molar-refractivity contribution in [2.75, 3.05) is 0 Å². The number of hydrogen-bond donors (Lipinski definition) is 0. The molecule has 0 bridgehead atoms. The molecule has 0 atom stereocenters. The van der Waals surface area contributed by atoms with Gasteiger partial charge in [0.05, 0.1) is 0 Å². The van der Waals surface area contributed by atoms with Crippen molar-refractivity contribution >= 4 is 31.9 Å². The summed E-state index contributed by atoms with van der Waals surface area (Å²) in [6.07, 6.45) is 0. The van der Waals surface area contributed by atoms with Crippen molar-refractivity contribution < 1.29 is 0 Å². The van der Waals surface area contributed by atoms with Crippen LogP contribution in [0, 0.1) is 0 Å². The Hall–Kier alpha value is -2.94. The standard InChI is InChI=1S/C32H24Br2/c33-21-27-29(23-13-5-1-6-14-23)30(24-15-7-2-8-16-24)28(22-34)32(26-19-11-4-12-20-26)31(27)25-17-9-3-10-18-25/h1-20H,21-22H2. The minimum absolute atomic E-state index is 0.754. The van der Waals surface area contributed by atoms with Gasteiger partial charge in [-0.1, -0.05) is 153 Å². The Labute approximate surface area is 218 Å². The average Bonchev–Trinajstić information content (AvgIpc) is 2.93. The first-order valence-electron chi connectivity index (χ1n) is 11.4. The van der Waals surface area contributed by atoms with E-state index in [1.165, 1.54) is 55.6 Å². The molecule has 5 rings (SSSR count). The second-order valence-electron chi connectivity index (χ2n) is 8.19. The Bertz CT molecular complexity index is 1160. The number of benzene rings is 5. The fraction of sp³-hybridized carbons (Fsp3) is 0.0625. The summed E-state index contributed by atoms with van der Waals surface area (Å²) < 4.78 is 0. The van der Waals surface area contributed by atoms with Crippen LogP contribution in [0.3, 0.4) is 0 Å². The molecule has 0 aliphatic carbocycles. The molecule has 0 fully saturated rings. The van der Waals surface area contributed by atoms with E-state index in [1.807, 2.05) is 0 Å². The van der Waals surface area contributed by atoms with E-state index < -0.39 is 0 Å². The fourth-order valence-electron chi connectivity index (χ4n) is 4.81. The smallest absolute Gasteiger partial charge is 0.0295 e. The van der Waals surface area contributed by atoms with Crippen LogP contribution < -0.4 is 0 Å². The molecule has 166 valence electrons. The van der Waals surface area contributed by atoms with Crippen LogP contribution in [0.2, 0.25) is 0 Å². The molecular formula is C32H24Br2. The van der Waals surface area contributed by atoms with Gasteiger partial charge in [-0.25, -0.2) is 0 Å². The van der Waals surface area contributed by atoms with Gasteiger partial charge < -0.3 is 0 Å². The SMILES string of the molecule is BrCc1c(-c2ccccc2)c(-c2ccccc2)c(CBr)c(-c2ccccc2)c1-c1ccccc1. The van der Waals surface area contributed by atoms with E-state index in [0.29, 0.717) is 0 Å². The van der Waals surface area contributed by atoms with Gasteiger partial charge in [0.25, 0.3) is 0 Å². The number of halogens is 2. The van der Waals surface area contributed by atoms with Gasteiger partial charge in [0.15, 0.2) is 0 Å². The molecule has 34 heavy (non-hydrogen) atoms. The van der Waals surface area contributed by atoms with E-state index in [1.54, 1.807) is 0 Å². The highest BCUT2D eigenvalue weighted by Crippen LogP contribution is 2.50. The first-order valence-corrected chi connectivity index (χ1v) is 13.6. The molecule has 2 heteroatoms. The Morgan fingerprint density at radius 1 is 0.324 bits per heavy atom. The highest BCUT2D eigenvalue weighted by molar-refractivity contribution is 9.08. The molecule has 0 N–H and O–H groups in total. The molecule has 0 nitrogen and oxygen atoms in total. The van der Waals surface area contributed by atoms with E-state index in [0.717, 1.165) is 10.7 Å². The second-order valence-corrected chi connectivity index (χ2v) is 9.31. The summed E-state index contributed by atoms with van der Waals surface area (Å²) in [5.41, 5.74) is 12.7. The predicted octanol–water partition coefficient (Wildman–Crippen LogP) is 10.1. The minimum Gasteiger partial charge on any atom is -0.0876 e. The third-order valence-electron chi connectivity index (χ3n) is 6.22. The van der Waals surface area contributed by atoms with Crippen LogP contribution in [-0.2, 0) is 10.7 Å². The van der Waals surface area contributed by atoms with Gasteiger partial charge in [0.1, 0.15) is 0 Å². The average molecular weight is 568 g/mol. The van der Waals surface area contributed by atoms with Gasteiger partial charge in [0, 0.05) is 10.7 Å². The number of rotatable bonds is 6. The minimum atomic E-state index is 0.754. The molecule has 5 aromatic carbocycles. The molecule has 0 heterocycles. The maximum Gasteiger partial charge on any atom is 0.0295 e. The molecule has 0 radical (unpaired) electrons. The van der Waals surface area contributed by atoms with Crippen molar-refractivity contribution in [2.45, 2.75) is 10.7 Å². The molecule has 0 aromatic heterocycles. The molecule has 0 saturated carbocycles. The topological polar surface area (TPSA) is 0 Å². The van der Waals surface area contributed by atoms with Crippen molar-refractivity contribution in [3.05, 3.63) is 132 Å². The third kappa shape index (κ3) is 4.29. The maximum absolute atomic E-state index is 3.90. The van der Waals surface area contributed by atoms with Crippen molar-refractivity contribution in [1.29, 1.82) is 0 Å². The Balaban J connectivity index is 2.03. The molecule has 0 spiro atoms. The van der Waals surface area contributed by atoms with Crippen LogP contribution >= 0.6 is 31.9 Å². The second kappa shape index (κ2) is 10.5. The highest BCUT2D eigenvalue weighted by atomic mass is 79.9. The lowest BCUT2D eigenvalue weighted by atomic mass is 9.78. The van der Waals surface area contributed by atoms with Crippen LogP contribution in [-0.4, -0.2) is 0 Å². The van der Waals surface area contributed by atoms with Gasteiger partial charge in [-0.15, -0.1) is 0 Å². The summed E-state index contributed by atoms with van der Waals surface area (Å²) in [5, 5.41) is 1.51. The lowest BCUT2D eigenvalue weighted by Gasteiger charge is -2.27. The van der Waals surface area contributed by atoms with Gasteiger partial charge in [-0.2, -0.15) is 0 Å². The molecule has 5 aromatic rings. The van der Waals surface area contributed by atoms with Crippen LogP contribution in [0.25, 0.3) is 44.5 Å². The summed E-state index contributed by atoms with van der Waals surface area (Å²) in [6, 6.07) is 43.2. The summed E-state index contributed by atoms with van der Waals surface area (Å²) >= 11 is 7.80. The van der Waals surface area contributed by atoms with Crippen LogP contribution in [0.5, 0.6) is 0 Å². The van der Waals surface area contributed by atoms with E-state index >= 15 is 0 Å². The summed E-state index contributed by atoms with van der Waals surface area (Å²) in [7, 11) is 0. The summed E-state index contributed by atoms with van der Waals surface area (Å²) in [4.78, 5) is 0. The molecule has 0 amide bonds. The zero-order valence-electron chi connectivity index (χ0n) is 18.7. The quantitative estimate of drug-likeness (QED) is 0.179. The van der Waals surface area contributed by atoms with Gasteiger partial charge >= 0.3 is 0 Å². The fourth-order valence-corrected chi connectivity index (χ4v) is 5.94. The van der Waals surface area contributed by atoms with Crippen molar-refractivity contribution in [3.8, 4) is 44.5 Å². The third-order valence-corrected chi connectivity index (χ3v) is 7.35. The monoisotopic (exact) mass is 566 g/mol. The van der Waals surface area contributed by atoms with Crippen LogP contribution in [0.15, 0.2) is 121 Å². The van der Waals surface area contributed by atoms with E-state index in [-0.39, 0.29) is 0 Å². The van der Waals surface area contributed by atoms with E-state index in [9.17, 15) is 0 Å². The lowest BCUT2D eigenvalue weighted by Crippen LogP contribution is -2.04. The van der Waals surface area contributed by atoms with Crippen molar-refractivity contribution in [2.24, 2.45) is 0 Å². The van der Waals surface area contributed by atoms with E-state index in [4.69, 9.17) is 0 Å². The van der Waals surface area contributed by atoms with E-state index in [2.05, 4.69) is 153 Å². The normalized spacial score (nSPS) is 10.9. The van der Waals surface area contributed by atoms with Gasteiger partial charge in [-0.3, -0.25) is 0 Å². The zero-order valence-corrected chi connectivity index (χ0v) is 21.9. The Kier molecular flexibility index (Phi) is 7.08. The molecule has 0 saturated heterocycles. The Morgan fingerprint density at radius 2 is 0.529 bits per heavy atom. The van der Waals surface area contributed by atoms with Crippen molar-refractivity contribution in [1.82, 2.24) is 0 Å².